The first-order valence-corrected chi connectivity index (χ1v) is 6.71. The fourth-order valence-corrected chi connectivity index (χ4v) is 2.94. The van der Waals surface area contributed by atoms with E-state index in [1.165, 1.54) is 5.75 Å². The predicted molar refractivity (Wildman–Crippen MR) is 64.2 cm³/mol. The molecule has 1 saturated heterocycles. The number of ether oxygens (including phenoxy) is 1. The Morgan fingerprint density at radius 1 is 1.53 bits per heavy atom. The SMILES string of the molecule is CCOC(=O)CCN1CCSC(C)C1C. The third-order valence-electron chi connectivity index (χ3n) is 2.92. The average Bonchev–Trinajstić information content (AvgIpc) is 2.21. The summed E-state index contributed by atoms with van der Waals surface area (Å²) >= 11 is 2.02. The van der Waals surface area contributed by atoms with E-state index in [9.17, 15) is 4.79 Å². The van der Waals surface area contributed by atoms with Gasteiger partial charge in [-0.2, -0.15) is 11.8 Å². The minimum Gasteiger partial charge on any atom is -0.466 e. The maximum absolute atomic E-state index is 11.2. The molecular formula is C11H21NO2S. The summed E-state index contributed by atoms with van der Waals surface area (Å²) in [5, 5.41) is 0.668. The van der Waals surface area contributed by atoms with Gasteiger partial charge in [0, 0.05) is 30.1 Å². The molecule has 1 fully saturated rings. The molecule has 0 spiro atoms. The van der Waals surface area contributed by atoms with Crippen molar-refractivity contribution in [3.8, 4) is 0 Å². The largest absolute Gasteiger partial charge is 0.466 e. The van der Waals surface area contributed by atoms with Crippen molar-refractivity contribution < 1.29 is 9.53 Å². The van der Waals surface area contributed by atoms with Crippen molar-refractivity contribution in [1.82, 2.24) is 4.90 Å². The first-order valence-electron chi connectivity index (χ1n) is 5.66. The van der Waals surface area contributed by atoms with Crippen LogP contribution in [0.25, 0.3) is 0 Å². The van der Waals surface area contributed by atoms with Crippen molar-refractivity contribution >= 4 is 17.7 Å². The third-order valence-corrected chi connectivity index (χ3v) is 4.26. The number of esters is 1. The van der Waals surface area contributed by atoms with Gasteiger partial charge in [-0.1, -0.05) is 6.92 Å². The summed E-state index contributed by atoms with van der Waals surface area (Å²) in [4.78, 5) is 13.6. The normalized spacial score (nSPS) is 27.7. The van der Waals surface area contributed by atoms with Crippen LogP contribution in [-0.4, -0.2) is 47.6 Å². The van der Waals surface area contributed by atoms with Gasteiger partial charge in [0.25, 0.3) is 0 Å². The molecule has 1 aliphatic heterocycles. The molecular weight excluding hydrogens is 210 g/mol. The average molecular weight is 231 g/mol. The summed E-state index contributed by atoms with van der Waals surface area (Å²) in [6, 6.07) is 0.568. The molecule has 2 atom stereocenters. The molecule has 2 unspecified atom stereocenters. The van der Waals surface area contributed by atoms with E-state index in [0.717, 1.165) is 13.1 Å². The van der Waals surface area contributed by atoms with Crippen LogP contribution < -0.4 is 0 Å². The first kappa shape index (κ1) is 12.8. The van der Waals surface area contributed by atoms with Gasteiger partial charge >= 0.3 is 5.97 Å². The summed E-state index contributed by atoms with van der Waals surface area (Å²) in [7, 11) is 0. The van der Waals surface area contributed by atoms with Crippen LogP contribution >= 0.6 is 11.8 Å². The highest BCUT2D eigenvalue weighted by Gasteiger charge is 2.25. The van der Waals surface area contributed by atoms with Gasteiger partial charge in [0.2, 0.25) is 0 Å². The minimum absolute atomic E-state index is 0.0735. The highest BCUT2D eigenvalue weighted by atomic mass is 32.2. The highest BCUT2D eigenvalue weighted by Crippen LogP contribution is 2.24. The summed E-state index contributed by atoms with van der Waals surface area (Å²) in [6.45, 7) is 8.76. The highest BCUT2D eigenvalue weighted by molar-refractivity contribution is 8.00. The zero-order valence-corrected chi connectivity index (χ0v) is 10.7. The Morgan fingerprint density at radius 3 is 2.93 bits per heavy atom. The molecule has 0 amide bonds. The van der Waals surface area contributed by atoms with Crippen LogP contribution in [0.15, 0.2) is 0 Å². The number of rotatable bonds is 4. The van der Waals surface area contributed by atoms with Gasteiger partial charge in [0.1, 0.15) is 0 Å². The molecule has 88 valence electrons. The topological polar surface area (TPSA) is 29.5 Å². The van der Waals surface area contributed by atoms with Crippen molar-refractivity contribution in [2.45, 2.75) is 38.5 Å². The van der Waals surface area contributed by atoms with E-state index in [2.05, 4.69) is 18.7 Å². The maximum atomic E-state index is 11.2. The third kappa shape index (κ3) is 4.03. The summed E-state index contributed by atoms with van der Waals surface area (Å²) in [5.41, 5.74) is 0. The quantitative estimate of drug-likeness (QED) is 0.690. The lowest BCUT2D eigenvalue weighted by Gasteiger charge is -2.37. The zero-order chi connectivity index (χ0) is 11.3. The summed E-state index contributed by atoms with van der Waals surface area (Å²) in [5.74, 6) is 1.10. The molecule has 0 radical (unpaired) electrons. The fraction of sp³-hybridized carbons (Fsp3) is 0.909. The molecule has 3 nitrogen and oxygen atoms in total. The lowest BCUT2D eigenvalue weighted by molar-refractivity contribution is -0.143. The van der Waals surface area contributed by atoms with Crippen LogP contribution in [0.2, 0.25) is 0 Å². The molecule has 0 aromatic rings. The van der Waals surface area contributed by atoms with Crippen LogP contribution in [0.4, 0.5) is 0 Å². The molecule has 0 N–H and O–H groups in total. The van der Waals surface area contributed by atoms with Crippen molar-refractivity contribution in [3.63, 3.8) is 0 Å². The second-order valence-corrected chi connectivity index (χ2v) is 5.39. The standard InChI is InChI=1S/C11H21NO2S/c1-4-14-11(13)5-6-12-7-8-15-10(3)9(12)2/h9-10H,4-8H2,1-3H3. The van der Waals surface area contributed by atoms with E-state index in [1.54, 1.807) is 0 Å². The van der Waals surface area contributed by atoms with Crippen LogP contribution in [0.5, 0.6) is 0 Å². The Morgan fingerprint density at radius 2 is 2.27 bits per heavy atom. The molecule has 1 rings (SSSR count). The minimum atomic E-state index is -0.0735. The Kier molecular flexibility index (Phi) is 5.47. The van der Waals surface area contributed by atoms with Crippen LogP contribution in [-0.2, 0) is 9.53 Å². The van der Waals surface area contributed by atoms with Gasteiger partial charge in [-0.3, -0.25) is 9.69 Å². The second-order valence-electron chi connectivity index (χ2n) is 3.91. The van der Waals surface area contributed by atoms with Gasteiger partial charge in [-0.25, -0.2) is 0 Å². The summed E-state index contributed by atoms with van der Waals surface area (Å²) < 4.78 is 4.92. The zero-order valence-electron chi connectivity index (χ0n) is 9.86. The van der Waals surface area contributed by atoms with Gasteiger partial charge in [0.15, 0.2) is 0 Å². The number of carbonyl (C=O) groups excluding carboxylic acids is 1. The van der Waals surface area contributed by atoms with Crippen LogP contribution in [0.1, 0.15) is 27.2 Å². The van der Waals surface area contributed by atoms with Crippen molar-refractivity contribution in [2.24, 2.45) is 0 Å². The predicted octanol–water partition coefficient (Wildman–Crippen LogP) is 1.77. The van der Waals surface area contributed by atoms with Gasteiger partial charge in [0.05, 0.1) is 13.0 Å². The molecule has 0 bridgehead atoms. The van der Waals surface area contributed by atoms with Crippen molar-refractivity contribution in [1.29, 1.82) is 0 Å². The Labute approximate surface area is 96.5 Å². The monoisotopic (exact) mass is 231 g/mol. The number of carbonyl (C=O) groups is 1. The molecule has 0 aromatic carbocycles. The van der Waals surface area contributed by atoms with E-state index in [-0.39, 0.29) is 5.97 Å². The van der Waals surface area contributed by atoms with E-state index >= 15 is 0 Å². The van der Waals surface area contributed by atoms with E-state index in [0.29, 0.717) is 24.3 Å². The molecule has 1 aliphatic rings. The smallest absolute Gasteiger partial charge is 0.307 e. The van der Waals surface area contributed by atoms with Crippen molar-refractivity contribution in [2.75, 3.05) is 25.4 Å². The lowest BCUT2D eigenvalue weighted by atomic mass is 10.2. The Balaban J connectivity index is 2.28. The maximum Gasteiger partial charge on any atom is 0.307 e. The van der Waals surface area contributed by atoms with Crippen LogP contribution in [0.3, 0.4) is 0 Å². The van der Waals surface area contributed by atoms with E-state index < -0.39 is 0 Å². The first-order chi connectivity index (χ1) is 7.15. The number of thioether (sulfide) groups is 1. The van der Waals surface area contributed by atoms with Crippen molar-refractivity contribution in [3.05, 3.63) is 0 Å². The fourth-order valence-electron chi connectivity index (χ4n) is 1.78. The number of hydrogen-bond acceptors (Lipinski definition) is 4. The number of nitrogens with zero attached hydrogens (tertiary/aromatic N) is 1. The van der Waals surface area contributed by atoms with Gasteiger partial charge in [-0.15, -0.1) is 0 Å². The lowest BCUT2D eigenvalue weighted by Crippen LogP contribution is -2.45. The second kappa shape index (κ2) is 6.38. The molecule has 1 heterocycles. The van der Waals surface area contributed by atoms with E-state index in [4.69, 9.17) is 4.74 Å². The molecule has 15 heavy (non-hydrogen) atoms. The Hall–Kier alpha value is -0.220. The number of hydrogen-bond donors (Lipinski definition) is 0. The van der Waals surface area contributed by atoms with Gasteiger partial charge in [-0.05, 0) is 13.8 Å². The molecule has 4 heteroatoms. The van der Waals surface area contributed by atoms with E-state index in [1.807, 2.05) is 18.7 Å². The molecule has 0 aromatic heterocycles. The Bertz CT molecular complexity index is 211. The van der Waals surface area contributed by atoms with Crippen LogP contribution in [0, 0.1) is 0 Å². The molecule has 0 aliphatic carbocycles. The summed E-state index contributed by atoms with van der Waals surface area (Å²) in [6.07, 6.45) is 0.523. The molecule has 0 saturated carbocycles. The van der Waals surface area contributed by atoms with Gasteiger partial charge < -0.3 is 4.74 Å².